The van der Waals surface area contributed by atoms with Crippen LogP contribution in [-0.2, 0) is 24.1 Å². The van der Waals surface area contributed by atoms with E-state index in [0.717, 1.165) is 36.9 Å². The Hall–Kier alpha value is -2.63. The lowest BCUT2D eigenvalue weighted by Crippen LogP contribution is -2.14. The van der Waals surface area contributed by atoms with Crippen molar-refractivity contribution in [3.05, 3.63) is 47.2 Å². The van der Waals surface area contributed by atoms with Crippen molar-refractivity contribution in [1.82, 2.24) is 9.97 Å². The van der Waals surface area contributed by atoms with Gasteiger partial charge in [-0.25, -0.2) is 9.78 Å². The number of ether oxygens (including phenoxy) is 1. The van der Waals surface area contributed by atoms with Crippen molar-refractivity contribution in [1.29, 1.82) is 0 Å². The van der Waals surface area contributed by atoms with Crippen molar-refractivity contribution in [3.63, 3.8) is 0 Å². The number of fused-ring (bicyclic) bond motifs is 1. The summed E-state index contributed by atoms with van der Waals surface area (Å²) in [5.41, 5.74) is 3.14. The number of nitrogens with one attached hydrogen (secondary N) is 1. The van der Waals surface area contributed by atoms with Gasteiger partial charge in [0, 0.05) is 12.1 Å². The highest BCUT2D eigenvalue weighted by molar-refractivity contribution is 5.68. The highest BCUT2D eigenvalue weighted by Crippen LogP contribution is 2.29. The second-order valence-electron chi connectivity index (χ2n) is 5.48. The molecule has 0 spiro atoms. The number of carboxylic acids is 1. The van der Waals surface area contributed by atoms with E-state index in [9.17, 15) is 4.79 Å². The molecule has 0 saturated heterocycles. The first-order valence-electron chi connectivity index (χ1n) is 7.74. The zero-order valence-electron chi connectivity index (χ0n) is 12.8. The fourth-order valence-electron chi connectivity index (χ4n) is 2.69. The maximum absolute atomic E-state index is 10.7. The number of nitrogens with zero attached hydrogens (tertiary/aromatic N) is 2. The highest BCUT2D eigenvalue weighted by atomic mass is 16.5. The third-order valence-corrected chi connectivity index (χ3v) is 3.77. The molecule has 0 saturated carbocycles. The summed E-state index contributed by atoms with van der Waals surface area (Å²) in [7, 11) is 0. The molecule has 1 aromatic carbocycles. The summed E-state index contributed by atoms with van der Waals surface area (Å²) in [6.07, 6.45) is 3.59. The minimum Gasteiger partial charge on any atom is -0.479 e. The Labute approximate surface area is 134 Å². The molecule has 0 aliphatic heterocycles. The molecular formula is C17H19N3O3. The van der Waals surface area contributed by atoms with Crippen LogP contribution in [0.25, 0.3) is 0 Å². The van der Waals surface area contributed by atoms with Gasteiger partial charge in [0.15, 0.2) is 6.61 Å². The van der Waals surface area contributed by atoms with E-state index in [1.54, 1.807) is 0 Å². The molecule has 0 radical (unpaired) electrons. The topological polar surface area (TPSA) is 84.3 Å². The average molecular weight is 313 g/mol. The molecule has 1 heterocycles. The van der Waals surface area contributed by atoms with Crippen LogP contribution in [0.3, 0.4) is 0 Å². The minimum absolute atomic E-state index is 0.382. The maximum Gasteiger partial charge on any atom is 0.341 e. The fraction of sp³-hybridized carbons (Fsp3) is 0.353. The van der Waals surface area contributed by atoms with Gasteiger partial charge in [0.05, 0.1) is 5.69 Å². The molecule has 0 fully saturated rings. The number of aliphatic carboxylic acids is 1. The Balaban J connectivity index is 1.67. The van der Waals surface area contributed by atoms with Crippen LogP contribution >= 0.6 is 0 Å². The number of carbonyl (C=O) groups is 1. The monoisotopic (exact) mass is 313 g/mol. The fourth-order valence-corrected chi connectivity index (χ4v) is 2.69. The standard InChI is InChI=1S/C17H19N3O3/c21-15(22)11-23-16-13-7-4-8-14(13)19-17(20-16)18-10-9-12-5-2-1-3-6-12/h1-3,5-6H,4,7-11H2,(H,21,22)(H,18,19,20). The number of benzene rings is 1. The number of rotatable bonds is 7. The SMILES string of the molecule is O=C(O)COc1nc(NCCc2ccccc2)nc2c1CCC2. The first-order valence-corrected chi connectivity index (χ1v) is 7.74. The molecule has 0 bridgehead atoms. The predicted octanol–water partition coefficient (Wildman–Crippen LogP) is 2.08. The van der Waals surface area contributed by atoms with E-state index in [1.807, 2.05) is 18.2 Å². The van der Waals surface area contributed by atoms with Crippen LogP contribution in [-0.4, -0.2) is 34.2 Å². The highest BCUT2D eigenvalue weighted by Gasteiger charge is 2.21. The van der Waals surface area contributed by atoms with Crippen molar-refractivity contribution in [3.8, 4) is 5.88 Å². The Bertz CT molecular complexity index is 689. The Morgan fingerprint density at radius 1 is 1.22 bits per heavy atom. The predicted molar refractivity (Wildman–Crippen MR) is 85.8 cm³/mol. The molecule has 23 heavy (non-hydrogen) atoms. The molecule has 6 heteroatoms. The quantitative estimate of drug-likeness (QED) is 0.814. The van der Waals surface area contributed by atoms with Crippen molar-refractivity contribution < 1.29 is 14.6 Å². The van der Waals surface area contributed by atoms with E-state index in [2.05, 4.69) is 27.4 Å². The first kappa shape index (κ1) is 15.3. The lowest BCUT2D eigenvalue weighted by molar-refractivity contribution is -0.139. The van der Waals surface area contributed by atoms with Gasteiger partial charge >= 0.3 is 5.97 Å². The number of anilines is 1. The number of carboxylic acid groups (broad SMARTS) is 1. The molecule has 0 amide bonds. The van der Waals surface area contributed by atoms with E-state index >= 15 is 0 Å². The van der Waals surface area contributed by atoms with Crippen LogP contribution in [0, 0.1) is 0 Å². The molecule has 2 aromatic rings. The van der Waals surface area contributed by atoms with Gasteiger partial charge in [-0.1, -0.05) is 30.3 Å². The molecule has 1 aliphatic carbocycles. The Morgan fingerprint density at radius 3 is 2.83 bits per heavy atom. The van der Waals surface area contributed by atoms with Gasteiger partial charge in [0.2, 0.25) is 11.8 Å². The van der Waals surface area contributed by atoms with Gasteiger partial charge in [0.25, 0.3) is 0 Å². The van der Waals surface area contributed by atoms with E-state index < -0.39 is 5.97 Å². The smallest absolute Gasteiger partial charge is 0.341 e. The number of aryl methyl sites for hydroxylation is 1. The molecule has 1 aromatic heterocycles. The summed E-state index contributed by atoms with van der Waals surface area (Å²) in [6.45, 7) is 0.327. The normalized spacial score (nSPS) is 12.7. The van der Waals surface area contributed by atoms with Crippen LogP contribution in [0.2, 0.25) is 0 Å². The van der Waals surface area contributed by atoms with E-state index in [0.29, 0.717) is 18.4 Å². The second-order valence-corrected chi connectivity index (χ2v) is 5.48. The van der Waals surface area contributed by atoms with E-state index in [4.69, 9.17) is 9.84 Å². The zero-order chi connectivity index (χ0) is 16.1. The van der Waals surface area contributed by atoms with Crippen molar-refractivity contribution in [2.75, 3.05) is 18.5 Å². The Kier molecular flexibility index (Phi) is 4.71. The van der Waals surface area contributed by atoms with Crippen LogP contribution < -0.4 is 10.1 Å². The number of aromatic nitrogens is 2. The van der Waals surface area contributed by atoms with Gasteiger partial charge in [-0.3, -0.25) is 0 Å². The third kappa shape index (κ3) is 3.97. The van der Waals surface area contributed by atoms with E-state index in [1.165, 1.54) is 5.56 Å². The van der Waals surface area contributed by atoms with Crippen LogP contribution in [0.1, 0.15) is 23.2 Å². The lowest BCUT2D eigenvalue weighted by Gasteiger charge is -2.11. The molecule has 0 unspecified atom stereocenters. The molecule has 3 rings (SSSR count). The molecule has 6 nitrogen and oxygen atoms in total. The van der Waals surface area contributed by atoms with Crippen molar-refractivity contribution >= 4 is 11.9 Å². The Morgan fingerprint density at radius 2 is 2.04 bits per heavy atom. The molecule has 1 aliphatic rings. The molecule has 120 valence electrons. The summed E-state index contributed by atoms with van der Waals surface area (Å²) >= 11 is 0. The summed E-state index contributed by atoms with van der Waals surface area (Å²) in [4.78, 5) is 19.6. The molecular weight excluding hydrogens is 294 g/mol. The summed E-state index contributed by atoms with van der Waals surface area (Å²) in [5, 5.41) is 12.0. The largest absolute Gasteiger partial charge is 0.479 e. The number of hydrogen-bond donors (Lipinski definition) is 2. The van der Waals surface area contributed by atoms with Gasteiger partial charge in [-0.2, -0.15) is 4.98 Å². The zero-order valence-corrected chi connectivity index (χ0v) is 12.8. The lowest BCUT2D eigenvalue weighted by atomic mass is 10.1. The van der Waals surface area contributed by atoms with Crippen molar-refractivity contribution in [2.24, 2.45) is 0 Å². The van der Waals surface area contributed by atoms with Crippen molar-refractivity contribution in [2.45, 2.75) is 25.7 Å². The second kappa shape index (κ2) is 7.09. The third-order valence-electron chi connectivity index (χ3n) is 3.77. The summed E-state index contributed by atoms with van der Waals surface area (Å²) < 4.78 is 5.32. The summed E-state index contributed by atoms with van der Waals surface area (Å²) in [5.74, 6) is -0.104. The van der Waals surface area contributed by atoms with Crippen LogP contribution in [0.5, 0.6) is 5.88 Å². The maximum atomic E-state index is 10.7. The minimum atomic E-state index is -1.01. The average Bonchev–Trinajstić information content (AvgIpc) is 3.02. The van der Waals surface area contributed by atoms with Gasteiger partial charge < -0.3 is 15.2 Å². The summed E-state index contributed by atoms with van der Waals surface area (Å²) in [6, 6.07) is 10.2. The number of hydrogen-bond acceptors (Lipinski definition) is 5. The van der Waals surface area contributed by atoms with Gasteiger partial charge in [-0.15, -0.1) is 0 Å². The van der Waals surface area contributed by atoms with Gasteiger partial charge in [0.1, 0.15) is 0 Å². The first-order chi connectivity index (χ1) is 11.2. The van der Waals surface area contributed by atoms with Crippen LogP contribution in [0.4, 0.5) is 5.95 Å². The molecule has 0 atom stereocenters. The van der Waals surface area contributed by atoms with E-state index in [-0.39, 0.29) is 6.61 Å². The van der Waals surface area contributed by atoms with Gasteiger partial charge in [-0.05, 0) is 31.2 Å². The van der Waals surface area contributed by atoms with Crippen LogP contribution in [0.15, 0.2) is 30.3 Å². The molecule has 2 N–H and O–H groups in total.